The highest BCUT2D eigenvalue weighted by Crippen LogP contribution is 2.62. The van der Waals surface area contributed by atoms with E-state index in [1.54, 1.807) is 0 Å². The molecule has 33 heavy (non-hydrogen) atoms. The van der Waals surface area contributed by atoms with Crippen molar-refractivity contribution in [1.82, 2.24) is 4.90 Å². The lowest BCUT2D eigenvalue weighted by molar-refractivity contribution is -0.308. The molecule has 1 aromatic rings. The highest BCUT2D eigenvalue weighted by Gasteiger charge is 2.61. The number of aliphatic hydroxyl groups excluding tert-OH is 1. The molecule has 2 saturated heterocycles. The summed E-state index contributed by atoms with van der Waals surface area (Å²) in [7, 11) is 0. The van der Waals surface area contributed by atoms with Crippen LogP contribution >= 0.6 is 0 Å². The van der Waals surface area contributed by atoms with E-state index in [9.17, 15) is 9.90 Å². The van der Waals surface area contributed by atoms with Crippen molar-refractivity contribution in [3.05, 3.63) is 35.9 Å². The van der Waals surface area contributed by atoms with Gasteiger partial charge in [-0.3, -0.25) is 4.79 Å². The minimum absolute atomic E-state index is 0.0190. The van der Waals surface area contributed by atoms with Gasteiger partial charge in [0, 0.05) is 31.3 Å². The van der Waals surface area contributed by atoms with Gasteiger partial charge in [0.25, 0.3) is 0 Å². The SMILES string of the molecule is C[C@@]12CO[C@@H](Cc3ccccc3)O[C@@H]1CC[C@]1(C)[C@@H]2CC[C@@H](O)[C@H]1CC(=O)N1CCCCC1. The molecule has 0 radical (unpaired) electrons. The molecule has 1 amide bonds. The van der Waals surface area contributed by atoms with E-state index in [2.05, 4.69) is 38.1 Å². The molecule has 2 aliphatic heterocycles. The number of nitrogens with zero attached hydrogens (tertiary/aromatic N) is 1. The lowest BCUT2D eigenvalue weighted by Crippen LogP contribution is -2.63. The van der Waals surface area contributed by atoms with Gasteiger partial charge in [-0.2, -0.15) is 0 Å². The molecular weight excluding hydrogens is 414 g/mol. The summed E-state index contributed by atoms with van der Waals surface area (Å²) in [4.78, 5) is 15.2. The standard InChI is InChI=1S/C28H41NO4/c1-27-14-13-24-28(2,19-32-26(33-24)17-20-9-5-3-6-10-20)23(27)12-11-22(30)21(27)18-25(31)29-15-7-4-8-16-29/h3,5-6,9-10,21-24,26,30H,4,7-8,11-19H2,1-2H3/t21-,22-,23+,24-,26-,27+,28+/m1/s1. The molecule has 1 aromatic carbocycles. The molecule has 4 fully saturated rings. The average Bonchev–Trinajstić information content (AvgIpc) is 2.83. The number of likely N-dealkylation sites (tertiary alicyclic amines) is 1. The number of piperidine rings is 1. The minimum Gasteiger partial charge on any atom is -0.393 e. The molecule has 5 rings (SSSR count). The first-order chi connectivity index (χ1) is 15.9. The third-order valence-electron chi connectivity index (χ3n) is 9.58. The predicted octanol–water partition coefficient (Wildman–Crippen LogP) is 4.57. The summed E-state index contributed by atoms with van der Waals surface area (Å²) < 4.78 is 12.9. The van der Waals surface area contributed by atoms with Gasteiger partial charge in [0.15, 0.2) is 6.29 Å². The summed E-state index contributed by atoms with van der Waals surface area (Å²) in [5.41, 5.74) is 1.10. The first kappa shape index (κ1) is 23.3. The maximum Gasteiger partial charge on any atom is 0.222 e. The number of ether oxygens (including phenoxy) is 2. The number of carbonyl (C=O) groups is 1. The molecule has 0 spiro atoms. The number of carbonyl (C=O) groups excluding carboxylic acids is 1. The number of aliphatic hydroxyl groups is 1. The lowest BCUT2D eigenvalue weighted by atomic mass is 9.46. The molecule has 0 aromatic heterocycles. The molecule has 4 aliphatic rings. The zero-order valence-electron chi connectivity index (χ0n) is 20.4. The highest BCUT2D eigenvalue weighted by molar-refractivity contribution is 5.76. The van der Waals surface area contributed by atoms with E-state index in [1.807, 2.05) is 11.0 Å². The molecule has 0 bridgehead atoms. The van der Waals surface area contributed by atoms with Crippen molar-refractivity contribution in [2.75, 3.05) is 19.7 Å². The van der Waals surface area contributed by atoms with Crippen LogP contribution in [0.25, 0.3) is 0 Å². The second-order valence-electron chi connectivity index (χ2n) is 11.6. The smallest absolute Gasteiger partial charge is 0.222 e. The van der Waals surface area contributed by atoms with Crippen molar-refractivity contribution in [2.45, 2.75) is 90.1 Å². The van der Waals surface area contributed by atoms with E-state index < -0.39 is 6.10 Å². The Bertz CT molecular complexity index is 824. The Balaban J connectivity index is 1.30. The van der Waals surface area contributed by atoms with E-state index in [0.717, 1.165) is 58.0 Å². The van der Waals surface area contributed by atoms with Gasteiger partial charge >= 0.3 is 0 Å². The minimum atomic E-state index is -0.392. The zero-order chi connectivity index (χ0) is 23.1. The topological polar surface area (TPSA) is 59.0 Å². The number of benzene rings is 1. The number of amides is 1. The summed E-state index contributed by atoms with van der Waals surface area (Å²) in [5.74, 6) is 0.654. The summed E-state index contributed by atoms with van der Waals surface area (Å²) in [6.07, 6.45) is 8.01. The molecule has 1 N–H and O–H groups in total. The summed E-state index contributed by atoms with van der Waals surface area (Å²) in [6, 6.07) is 10.4. The van der Waals surface area contributed by atoms with Crippen molar-refractivity contribution in [1.29, 1.82) is 0 Å². The molecule has 5 nitrogen and oxygen atoms in total. The van der Waals surface area contributed by atoms with Gasteiger partial charge in [-0.15, -0.1) is 0 Å². The highest BCUT2D eigenvalue weighted by atomic mass is 16.7. The van der Waals surface area contributed by atoms with Gasteiger partial charge in [-0.1, -0.05) is 44.2 Å². The van der Waals surface area contributed by atoms with Crippen LogP contribution in [0.1, 0.15) is 70.8 Å². The first-order valence-electron chi connectivity index (χ1n) is 13.2. The summed E-state index contributed by atoms with van der Waals surface area (Å²) in [6.45, 7) is 7.13. The zero-order valence-corrected chi connectivity index (χ0v) is 20.4. The second-order valence-corrected chi connectivity index (χ2v) is 11.6. The number of hydrogen-bond acceptors (Lipinski definition) is 4. The molecular formula is C28H41NO4. The van der Waals surface area contributed by atoms with Gasteiger partial charge < -0.3 is 19.5 Å². The maximum absolute atomic E-state index is 13.2. The maximum atomic E-state index is 13.2. The fourth-order valence-electron chi connectivity index (χ4n) is 7.66. The van der Waals surface area contributed by atoms with Gasteiger partial charge in [0.05, 0.1) is 18.8 Å². The van der Waals surface area contributed by atoms with Crippen molar-refractivity contribution < 1.29 is 19.4 Å². The lowest BCUT2D eigenvalue weighted by Gasteiger charge is -2.63. The van der Waals surface area contributed by atoms with E-state index >= 15 is 0 Å². The van der Waals surface area contributed by atoms with Crippen LogP contribution in [0.5, 0.6) is 0 Å². The fraction of sp³-hybridized carbons (Fsp3) is 0.750. The first-order valence-corrected chi connectivity index (χ1v) is 13.2. The van der Waals surface area contributed by atoms with Crippen molar-refractivity contribution in [3.63, 3.8) is 0 Å². The normalized spacial score (nSPS) is 41.2. The predicted molar refractivity (Wildman–Crippen MR) is 127 cm³/mol. The number of hydrogen-bond donors (Lipinski definition) is 1. The molecule has 2 heterocycles. The third-order valence-corrected chi connectivity index (χ3v) is 9.58. The quantitative estimate of drug-likeness (QED) is 0.723. The molecule has 182 valence electrons. The van der Waals surface area contributed by atoms with Gasteiger partial charge in [-0.25, -0.2) is 0 Å². The largest absolute Gasteiger partial charge is 0.393 e. The summed E-state index contributed by atoms with van der Waals surface area (Å²) >= 11 is 0. The Morgan fingerprint density at radius 3 is 2.58 bits per heavy atom. The number of fused-ring (bicyclic) bond motifs is 3. The molecule has 2 saturated carbocycles. The van der Waals surface area contributed by atoms with Crippen LogP contribution in [-0.2, 0) is 20.7 Å². The van der Waals surface area contributed by atoms with Crippen LogP contribution in [0, 0.1) is 22.7 Å². The molecule has 5 heteroatoms. The van der Waals surface area contributed by atoms with Crippen LogP contribution in [0.15, 0.2) is 30.3 Å². The Hall–Kier alpha value is -1.43. The summed E-state index contributed by atoms with van der Waals surface area (Å²) in [5, 5.41) is 11.1. The van der Waals surface area contributed by atoms with Crippen LogP contribution in [0.3, 0.4) is 0 Å². The van der Waals surface area contributed by atoms with Crippen molar-refractivity contribution in [2.24, 2.45) is 22.7 Å². The van der Waals surface area contributed by atoms with E-state index in [1.165, 1.54) is 12.0 Å². The monoisotopic (exact) mass is 455 g/mol. The van der Waals surface area contributed by atoms with Gasteiger partial charge in [-0.05, 0) is 67.8 Å². The van der Waals surface area contributed by atoms with E-state index in [0.29, 0.717) is 18.9 Å². The molecule has 0 unspecified atom stereocenters. The van der Waals surface area contributed by atoms with Crippen molar-refractivity contribution in [3.8, 4) is 0 Å². The van der Waals surface area contributed by atoms with Crippen LogP contribution < -0.4 is 0 Å². The van der Waals surface area contributed by atoms with Crippen LogP contribution in [0.4, 0.5) is 0 Å². The van der Waals surface area contributed by atoms with Gasteiger partial charge in [0.1, 0.15) is 0 Å². The Morgan fingerprint density at radius 2 is 1.82 bits per heavy atom. The Morgan fingerprint density at radius 1 is 1.06 bits per heavy atom. The Kier molecular flexibility index (Phi) is 6.58. The molecule has 2 aliphatic carbocycles. The van der Waals surface area contributed by atoms with E-state index in [4.69, 9.17) is 9.47 Å². The van der Waals surface area contributed by atoms with Crippen LogP contribution in [-0.4, -0.2) is 54.1 Å². The fourth-order valence-corrected chi connectivity index (χ4v) is 7.66. The van der Waals surface area contributed by atoms with Crippen molar-refractivity contribution >= 4 is 5.91 Å². The molecule has 7 atom stereocenters. The van der Waals surface area contributed by atoms with Gasteiger partial charge in [0.2, 0.25) is 5.91 Å². The average molecular weight is 456 g/mol. The van der Waals surface area contributed by atoms with E-state index in [-0.39, 0.29) is 35.0 Å². The number of rotatable bonds is 4. The Labute approximate surface area is 198 Å². The second kappa shape index (κ2) is 9.31. The van der Waals surface area contributed by atoms with Crippen LogP contribution in [0.2, 0.25) is 0 Å². The third kappa shape index (κ3) is 4.37.